The van der Waals surface area contributed by atoms with Crippen LogP contribution in [0.5, 0.6) is 0 Å². The lowest BCUT2D eigenvalue weighted by Crippen LogP contribution is -2.24. The minimum atomic E-state index is 0.190. The quantitative estimate of drug-likeness (QED) is 0.838. The molecule has 0 bridgehead atoms. The van der Waals surface area contributed by atoms with E-state index < -0.39 is 0 Å². The predicted molar refractivity (Wildman–Crippen MR) is 85.4 cm³/mol. The second kappa shape index (κ2) is 7.63. The lowest BCUT2D eigenvalue weighted by Gasteiger charge is -2.19. The number of pyridine rings is 1. The molecule has 0 amide bonds. The van der Waals surface area contributed by atoms with Gasteiger partial charge in [0.1, 0.15) is 0 Å². The maximum atomic E-state index is 6.11. The van der Waals surface area contributed by atoms with Gasteiger partial charge >= 0.3 is 0 Å². The van der Waals surface area contributed by atoms with E-state index in [1.54, 1.807) is 12.3 Å². The number of nitrogens with one attached hydrogen (secondary N) is 1. The molecule has 1 aromatic heterocycles. The van der Waals surface area contributed by atoms with Gasteiger partial charge in [0, 0.05) is 28.5 Å². The van der Waals surface area contributed by atoms with Gasteiger partial charge in [-0.05, 0) is 54.8 Å². The topological polar surface area (TPSA) is 24.9 Å². The van der Waals surface area contributed by atoms with Crippen molar-refractivity contribution in [3.63, 3.8) is 0 Å². The van der Waals surface area contributed by atoms with E-state index in [1.807, 2.05) is 24.4 Å². The van der Waals surface area contributed by atoms with Gasteiger partial charge in [-0.15, -0.1) is 0 Å². The Morgan fingerprint density at radius 1 is 1.20 bits per heavy atom. The van der Waals surface area contributed by atoms with Crippen molar-refractivity contribution in [2.45, 2.75) is 25.8 Å². The van der Waals surface area contributed by atoms with Crippen molar-refractivity contribution in [1.29, 1.82) is 0 Å². The maximum absolute atomic E-state index is 6.11. The van der Waals surface area contributed by atoms with Gasteiger partial charge in [0.15, 0.2) is 0 Å². The standard InChI is InChI=1S/C16H18Cl2N2/c1-2-5-20-16(7-12-4-3-6-19-11-12)13-8-14(17)10-15(18)9-13/h3-4,6,8-11,16,20H,2,5,7H2,1H3. The highest BCUT2D eigenvalue weighted by Gasteiger charge is 2.13. The van der Waals surface area contributed by atoms with E-state index in [4.69, 9.17) is 23.2 Å². The molecule has 1 unspecified atom stereocenters. The molecule has 0 radical (unpaired) electrons. The van der Waals surface area contributed by atoms with Crippen LogP contribution in [0.1, 0.15) is 30.5 Å². The molecule has 0 saturated carbocycles. The second-order valence-electron chi connectivity index (χ2n) is 4.77. The molecule has 1 N–H and O–H groups in total. The number of hydrogen-bond donors (Lipinski definition) is 1. The van der Waals surface area contributed by atoms with Gasteiger partial charge in [-0.25, -0.2) is 0 Å². The molecule has 2 nitrogen and oxygen atoms in total. The third-order valence-electron chi connectivity index (χ3n) is 3.09. The van der Waals surface area contributed by atoms with Crippen molar-refractivity contribution >= 4 is 23.2 Å². The van der Waals surface area contributed by atoms with Crippen LogP contribution < -0.4 is 5.32 Å². The van der Waals surface area contributed by atoms with Gasteiger partial charge in [-0.1, -0.05) is 36.2 Å². The molecule has 0 aliphatic heterocycles. The number of halogens is 2. The number of nitrogens with zero attached hydrogens (tertiary/aromatic N) is 1. The number of benzene rings is 1. The fourth-order valence-electron chi connectivity index (χ4n) is 2.16. The van der Waals surface area contributed by atoms with Gasteiger partial charge in [0.2, 0.25) is 0 Å². The number of hydrogen-bond acceptors (Lipinski definition) is 2. The molecule has 0 fully saturated rings. The molecule has 0 aliphatic carbocycles. The molecule has 4 heteroatoms. The summed E-state index contributed by atoms with van der Waals surface area (Å²) in [6, 6.07) is 9.93. The van der Waals surface area contributed by atoms with Gasteiger partial charge in [-0.3, -0.25) is 4.98 Å². The normalized spacial score (nSPS) is 12.3. The van der Waals surface area contributed by atoms with E-state index in [0.29, 0.717) is 10.0 Å². The number of rotatable bonds is 6. The highest BCUT2D eigenvalue weighted by Crippen LogP contribution is 2.25. The molecule has 0 saturated heterocycles. The van der Waals surface area contributed by atoms with Crippen molar-refractivity contribution in [3.8, 4) is 0 Å². The molecule has 106 valence electrons. The monoisotopic (exact) mass is 308 g/mol. The van der Waals surface area contributed by atoms with Crippen LogP contribution in [0.2, 0.25) is 10.0 Å². The van der Waals surface area contributed by atoms with Gasteiger partial charge in [-0.2, -0.15) is 0 Å². The minimum Gasteiger partial charge on any atom is -0.310 e. The largest absolute Gasteiger partial charge is 0.310 e. The van der Waals surface area contributed by atoms with Crippen LogP contribution >= 0.6 is 23.2 Å². The summed E-state index contributed by atoms with van der Waals surface area (Å²) in [4.78, 5) is 4.17. The van der Waals surface area contributed by atoms with Gasteiger partial charge < -0.3 is 5.32 Å². The Morgan fingerprint density at radius 3 is 2.55 bits per heavy atom. The Hall–Kier alpha value is -1.09. The highest BCUT2D eigenvalue weighted by molar-refractivity contribution is 6.34. The van der Waals surface area contributed by atoms with E-state index >= 15 is 0 Å². The lowest BCUT2D eigenvalue weighted by atomic mass is 9.99. The van der Waals surface area contributed by atoms with Crippen LogP contribution in [0, 0.1) is 0 Å². The van der Waals surface area contributed by atoms with E-state index in [-0.39, 0.29) is 6.04 Å². The molecular formula is C16H18Cl2N2. The van der Waals surface area contributed by atoms with E-state index in [2.05, 4.69) is 23.3 Å². The van der Waals surface area contributed by atoms with Crippen LogP contribution in [-0.2, 0) is 6.42 Å². The summed E-state index contributed by atoms with van der Waals surface area (Å²) < 4.78 is 0. The Labute approximate surface area is 130 Å². The summed E-state index contributed by atoms with van der Waals surface area (Å²) in [6.07, 6.45) is 5.63. The maximum Gasteiger partial charge on any atom is 0.0424 e. The summed E-state index contributed by atoms with van der Waals surface area (Å²) in [5.41, 5.74) is 2.30. The summed E-state index contributed by atoms with van der Waals surface area (Å²) in [6.45, 7) is 3.11. The molecular weight excluding hydrogens is 291 g/mol. The third-order valence-corrected chi connectivity index (χ3v) is 3.53. The van der Waals surface area contributed by atoms with Crippen LogP contribution in [0.15, 0.2) is 42.7 Å². The predicted octanol–water partition coefficient (Wildman–Crippen LogP) is 4.67. The molecule has 0 aliphatic rings. The lowest BCUT2D eigenvalue weighted by molar-refractivity contribution is 0.529. The third kappa shape index (κ3) is 4.48. The van der Waals surface area contributed by atoms with Gasteiger partial charge in [0.25, 0.3) is 0 Å². The molecule has 2 aromatic rings. The zero-order chi connectivity index (χ0) is 14.4. The highest BCUT2D eigenvalue weighted by atomic mass is 35.5. The molecule has 2 rings (SSSR count). The van der Waals surface area contributed by atoms with E-state index in [0.717, 1.165) is 24.9 Å². The van der Waals surface area contributed by atoms with Crippen LogP contribution in [0.4, 0.5) is 0 Å². The zero-order valence-corrected chi connectivity index (χ0v) is 13.0. The smallest absolute Gasteiger partial charge is 0.0424 e. The first-order chi connectivity index (χ1) is 9.69. The van der Waals surface area contributed by atoms with E-state index in [1.165, 1.54) is 5.56 Å². The molecule has 0 spiro atoms. The first-order valence-electron chi connectivity index (χ1n) is 6.77. The molecule has 1 heterocycles. The van der Waals surface area contributed by atoms with Crippen molar-refractivity contribution < 1.29 is 0 Å². The first-order valence-corrected chi connectivity index (χ1v) is 7.53. The van der Waals surface area contributed by atoms with Crippen LogP contribution in [0.25, 0.3) is 0 Å². The Morgan fingerprint density at radius 2 is 1.95 bits per heavy atom. The minimum absolute atomic E-state index is 0.190. The number of aromatic nitrogens is 1. The van der Waals surface area contributed by atoms with Crippen molar-refractivity contribution in [2.75, 3.05) is 6.54 Å². The Kier molecular flexibility index (Phi) is 5.84. The Bertz CT molecular complexity index is 523. The summed E-state index contributed by atoms with van der Waals surface area (Å²) in [5, 5.41) is 4.88. The molecule has 1 atom stereocenters. The van der Waals surface area contributed by atoms with E-state index in [9.17, 15) is 0 Å². The van der Waals surface area contributed by atoms with Crippen molar-refractivity contribution in [2.24, 2.45) is 0 Å². The summed E-state index contributed by atoms with van der Waals surface area (Å²) in [5.74, 6) is 0. The van der Waals surface area contributed by atoms with Crippen molar-refractivity contribution in [1.82, 2.24) is 10.3 Å². The van der Waals surface area contributed by atoms with Crippen molar-refractivity contribution in [3.05, 3.63) is 63.9 Å². The fraction of sp³-hybridized carbons (Fsp3) is 0.312. The average molecular weight is 309 g/mol. The average Bonchev–Trinajstić information content (AvgIpc) is 2.43. The SMILES string of the molecule is CCCNC(Cc1cccnc1)c1cc(Cl)cc(Cl)c1. The molecule has 20 heavy (non-hydrogen) atoms. The fourth-order valence-corrected chi connectivity index (χ4v) is 2.70. The second-order valence-corrected chi connectivity index (χ2v) is 5.65. The summed E-state index contributed by atoms with van der Waals surface area (Å²) >= 11 is 12.2. The summed E-state index contributed by atoms with van der Waals surface area (Å²) in [7, 11) is 0. The van der Waals surface area contributed by atoms with Crippen LogP contribution in [0.3, 0.4) is 0 Å². The Balaban J connectivity index is 2.22. The van der Waals surface area contributed by atoms with Gasteiger partial charge in [0.05, 0.1) is 0 Å². The zero-order valence-electron chi connectivity index (χ0n) is 11.4. The molecule has 1 aromatic carbocycles. The first kappa shape index (κ1) is 15.3. The van der Waals surface area contributed by atoms with Crippen LogP contribution in [-0.4, -0.2) is 11.5 Å².